The van der Waals surface area contributed by atoms with E-state index < -0.39 is 6.10 Å². The van der Waals surface area contributed by atoms with Gasteiger partial charge in [0.2, 0.25) is 0 Å². The molecule has 6 nitrogen and oxygen atoms in total. The summed E-state index contributed by atoms with van der Waals surface area (Å²) < 4.78 is 10.9. The summed E-state index contributed by atoms with van der Waals surface area (Å²) in [6.07, 6.45) is 1.10. The third-order valence-electron chi connectivity index (χ3n) is 3.92. The van der Waals surface area contributed by atoms with Crippen LogP contribution in [0.2, 0.25) is 0 Å². The Morgan fingerprint density at radius 3 is 2.41 bits per heavy atom. The van der Waals surface area contributed by atoms with Gasteiger partial charge in [0.15, 0.2) is 0 Å². The zero-order valence-electron chi connectivity index (χ0n) is 15.0. The Hall–Kier alpha value is -3.25. The summed E-state index contributed by atoms with van der Waals surface area (Å²) >= 11 is 0. The van der Waals surface area contributed by atoms with Crippen LogP contribution in [0.5, 0.6) is 11.5 Å². The van der Waals surface area contributed by atoms with Crippen LogP contribution >= 0.6 is 0 Å². The minimum Gasteiger partial charge on any atom is -0.467 e. The molecule has 0 radical (unpaired) electrons. The van der Waals surface area contributed by atoms with Gasteiger partial charge in [0.1, 0.15) is 23.4 Å². The van der Waals surface area contributed by atoms with Crippen LogP contribution in [-0.2, 0) is 0 Å². The number of ether oxygens (including phenoxy) is 1. The topological polar surface area (TPSA) is 83.7 Å². The maximum Gasteiger partial charge on any atom is 0.319 e. The Morgan fingerprint density at radius 2 is 1.74 bits per heavy atom. The second kappa shape index (κ2) is 8.91. The van der Waals surface area contributed by atoms with Crippen LogP contribution in [-0.4, -0.2) is 17.2 Å². The van der Waals surface area contributed by atoms with E-state index in [9.17, 15) is 9.90 Å². The molecule has 140 valence electrons. The fourth-order valence-electron chi connectivity index (χ4n) is 2.61. The SMILES string of the molecule is C[C@@H](C[C@H](O)c1ccco1)NC(=O)Nc1ccc(Oc2ccccc2)cc1. The van der Waals surface area contributed by atoms with Gasteiger partial charge in [0.25, 0.3) is 0 Å². The van der Waals surface area contributed by atoms with Gasteiger partial charge in [0, 0.05) is 18.2 Å². The number of amides is 2. The van der Waals surface area contributed by atoms with Crippen LogP contribution < -0.4 is 15.4 Å². The summed E-state index contributed by atoms with van der Waals surface area (Å²) in [4.78, 5) is 12.1. The van der Waals surface area contributed by atoms with Crippen molar-refractivity contribution in [2.75, 3.05) is 5.32 Å². The van der Waals surface area contributed by atoms with Crippen LogP contribution in [0.1, 0.15) is 25.2 Å². The highest BCUT2D eigenvalue weighted by atomic mass is 16.5. The van der Waals surface area contributed by atoms with Gasteiger partial charge in [-0.3, -0.25) is 0 Å². The predicted molar refractivity (Wildman–Crippen MR) is 103 cm³/mol. The van der Waals surface area contributed by atoms with Gasteiger partial charge >= 0.3 is 6.03 Å². The van der Waals surface area contributed by atoms with Crippen molar-refractivity contribution in [2.45, 2.75) is 25.5 Å². The molecule has 0 aliphatic rings. The number of rotatable bonds is 7. The molecular formula is C21H22N2O4. The van der Waals surface area contributed by atoms with Gasteiger partial charge in [-0.25, -0.2) is 4.79 Å². The van der Waals surface area contributed by atoms with Crippen molar-refractivity contribution >= 4 is 11.7 Å². The second-order valence-electron chi connectivity index (χ2n) is 6.21. The number of hydrogen-bond acceptors (Lipinski definition) is 4. The highest BCUT2D eigenvalue weighted by molar-refractivity contribution is 5.89. The lowest BCUT2D eigenvalue weighted by Crippen LogP contribution is -2.37. The number of furan rings is 1. The zero-order chi connectivity index (χ0) is 19.1. The molecule has 0 aliphatic carbocycles. The number of hydrogen-bond donors (Lipinski definition) is 3. The number of nitrogens with one attached hydrogen (secondary N) is 2. The first-order valence-electron chi connectivity index (χ1n) is 8.72. The van der Waals surface area contributed by atoms with Gasteiger partial charge in [0.05, 0.1) is 6.26 Å². The van der Waals surface area contributed by atoms with Crippen molar-refractivity contribution in [1.29, 1.82) is 0 Å². The maximum atomic E-state index is 12.1. The smallest absolute Gasteiger partial charge is 0.319 e. The first kappa shape index (κ1) is 18.5. The lowest BCUT2D eigenvalue weighted by molar-refractivity contribution is 0.130. The van der Waals surface area contributed by atoms with Gasteiger partial charge in [-0.15, -0.1) is 0 Å². The fourth-order valence-corrected chi connectivity index (χ4v) is 2.61. The summed E-state index contributed by atoms with van der Waals surface area (Å²) in [5, 5.41) is 15.6. The molecule has 2 amide bonds. The largest absolute Gasteiger partial charge is 0.467 e. The van der Waals surface area contributed by atoms with Gasteiger partial charge in [-0.2, -0.15) is 0 Å². The molecule has 6 heteroatoms. The summed E-state index contributed by atoms with van der Waals surface area (Å²) in [7, 11) is 0. The molecule has 2 aromatic carbocycles. The normalized spacial score (nSPS) is 12.8. The number of carbonyl (C=O) groups excluding carboxylic acids is 1. The first-order chi connectivity index (χ1) is 13.1. The van der Waals surface area contributed by atoms with E-state index in [4.69, 9.17) is 9.15 Å². The quantitative estimate of drug-likeness (QED) is 0.566. The molecule has 27 heavy (non-hydrogen) atoms. The molecule has 1 aromatic heterocycles. The van der Waals surface area contributed by atoms with Crippen molar-refractivity contribution in [3.8, 4) is 11.5 Å². The molecule has 3 rings (SSSR count). The van der Waals surface area contributed by atoms with Crippen molar-refractivity contribution in [1.82, 2.24) is 5.32 Å². The van der Waals surface area contributed by atoms with E-state index in [0.29, 0.717) is 23.6 Å². The van der Waals surface area contributed by atoms with Crippen LogP contribution in [0.3, 0.4) is 0 Å². The van der Waals surface area contributed by atoms with Gasteiger partial charge in [-0.1, -0.05) is 18.2 Å². The fraction of sp³-hybridized carbons (Fsp3) is 0.190. The number of anilines is 1. The Kier molecular flexibility index (Phi) is 6.12. The minimum atomic E-state index is -0.760. The second-order valence-corrected chi connectivity index (χ2v) is 6.21. The summed E-state index contributed by atoms with van der Waals surface area (Å²) in [5.41, 5.74) is 0.645. The monoisotopic (exact) mass is 366 g/mol. The predicted octanol–water partition coefficient (Wildman–Crippen LogP) is 4.71. The standard InChI is InChI=1S/C21H22N2O4/c1-15(14-19(24)20-8-5-13-26-20)22-21(25)23-16-9-11-18(12-10-16)27-17-6-3-2-4-7-17/h2-13,15,19,24H,14H2,1H3,(H2,22,23,25)/t15-,19-/m0/s1. The molecule has 0 saturated heterocycles. The Bertz CT molecular complexity index is 832. The van der Waals surface area contributed by atoms with Crippen LogP contribution in [0.4, 0.5) is 10.5 Å². The Labute approximate surface area is 157 Å². The molecule has 0 fully saturated rings. The van der Waals surface area contributed by atoms with Crippen LogP contribution in [0, 0.1) is 0 Å². The molecule has 0 aliphatic heterocycles. The molecule has 3 N–H and O–H groups in total. The Balaban J connectivity index is 1.47. The molecular weight excluding hydrogens is 344 g/mol. The maximum absolute atomic E-state index is 12.1. The van der Waals surface area contributed by atoms with Crippen LogP contribution in [0.25, 0.3) is 0 Å². The number of aliphatic hydroxyl groups excluding tert-OH is 1. The molecule has 1 heterocycles. The number of urea groups is 1. The van der Waals surface area contributed by atoms with E-state index in [1.807, 2.05) is 37.3 Å². The number of carbonyl (C=O) groups is 1. The zero-order valence-corrected chi connectivity index (χ0v) is 15.0. The van der Waals surface area contributed by atoms with Crippen LogP contribution in [0.15, 0.2) is 77.4 Å². The van der Waals surface area contributed by atoms with Gasteiger partial charge in [-0.05, 0) is 55.5 Å². The van der Waals surface area contributed by atoms with Crippen molar-refractivity contribution in [3.63, 3.8) is 0 Å². The summed E-state index contributed by atoms with van der Waals surface area (Å²) in [5.74, 6) is 1.92. The number of benzene rings is 2. The minimum absolute atomic E-state index is 0.231. The molecule has 0 spiro atoms. The molecule has 0 saturated carbocycles. The lowest BCUT2D eigenvalue weighted by atomic mass is 10.1. The van der Waals surface area contributed by atoms with E-state index in [1.54, 1.807) is 36.4 Å². The van der Waals surface area contributed by atoms with Gasteiger partial charge < -0.3 is 24.9 Å². The van der Waals surface area contributed by atoms with Crippen molar-refractivity contribution in [2.24, 2.45) is 0 Å². The van der Waals surface area contributed by atoms with E-state index in [-0.39, 0.29) is 12.1 Å². The molecule has 0 unspecified atom stereocenters. The first-order valence-corrected chi connectivity index (χ1v) is 8.72. The van der Waals surface area contributed by atoms with E-state index in [1.165, 1.54) is 6.26 Å². The van der Waals surface area contributed by atoms with Crippen molar-refractivity contribution in [3.05, 3.63) is 78.8 Å². The third kappa shape index (κ3) is 5.62. The number of aliphatic hydroxyl groups is 1. The highest BCUT2D eigenvalue weighted by Crippen LogP contribution is 2.23. The molecule has 2 atom stereocenters. The molecule has 3 aromatic rings. The summed E-state index contributed by atoms with van der Waals surface area (Å²) in [6.45, 7) is 1.82. The lowest BCUT2D eigenvalue weighted by Gasteiger charge is -2.17. The van der Waals surface area contributed by atoms with E-state index >= 15 is 0 Å². The highest BCUT2D eigenvalue weighted by Gasteiger charge is 2.16. The van der Waals surface area contributed by atoms with Crippen molar-refractivity contribution < 1.29 is 19.1 Å². The number of para-hydroxylation sites is 1. The average Bonchev–Trinajstić information content (AvgIpc) is 3.19. The summed E-state index contributed by atoms with van der Waals surface area (Å²) in [6, 6.07) is 19.4. The molecule has 0 bridgehead atoms. The van der Waals surface area contributed by atoms with E-state index in [0.717, 1.165) is 5.75 Å². The average molecular weight is 366 g/mol. The Morgan fingerprint density at radius 1 is 1.04 bits per heavy atom. The van der Waals surface area contributed by atoms with E-state index in [2.05, 4.69) is 10.6 Å². The third-order valence-corrected chi connectivity index (χ3v) is 3.92.